The molecule has 0 aromatic rings. The molecule has 14 heavy (non-hydrogen) atoms. The Morgan fingerprint density at radius 3 is 0.286 bits per heavy atom. The molecule has 0 aliphatic rings. The molecule has 2 radical (unpaired) electrons. The molecule has 110 valence electrons. The van der Waals surface area contributed by atoms with E-state index in [0.717, 1.165) is 0 Å². The number of hydrogen-bond donors (Lipinski definition) is 0. The van der Waals surface area contributed by atoms with E-state index in [-0.39, 0.29) is 124 Å². The molecular formula is H16Cr2Cu2O10. The Labute approximate surface area is 123 Å². The third kappa shape index (κ3) is 762. The van der Waals surface area contributed by atoms with E-state index in [2.05, 4.69) is 0 Å². The minimum absolute atomic E-state index is 0. The van der Waals surface area contributed by atoms with Crippen LogP contribution in [-0.4, -0.2) is 54.8 Å². The van der Waals surface area contributed by atoms with Gasteiger partial charge in [-0.05, 0) is 0 Å². The predicted octanol–water partition coefficient (Wildman–Crippen LogP) is -5.67. The maximum absolute atomic E-state index is 0. The van der Waals surface area contributed by atoms with Crippen LogP contribution in [0.3, 0.4) is 0 Å². The van der Waals surface area contributed by atoms with Crippen LogP contribution in [0.2, 0.25) is 0 Å². The molecule has 0 heterocycles. The van der Waals surface area contributed by atoms with Crippen LogP contribution in [0.25, 0.3) is 0 Å². The molecule has 0 atom stereocenters. The summed E-state index contributed by atoms with van der Waals surface area (Å²) in [5.74, 6) is 0. The molecule has 0 fully saturated rings. The monoisotopic (exact) mass is 406 g/mol. The standard InChI is InChI=1S/2Cr.2Cu.10H2O/h;;;;10*1H2/q;;2*+2;;;;;;;;;;/p-4. The van der Waals surface area contributed by atoms with Gasteiger partial charge in [-0.15, -0.1) is 0 Å². The summed E-state index contributed by atoms with van der Waals surface area (Å²) in [6.45, 7) is 0. The Balaban J connectivity index is 0. The minimum Gasteiger partial charge on any atom is -0.870 e. The van der Waals surface area contributed by atoms with Gasteiger partial charge in [-0.2, -0.15) is 0 Å². The molecule has 0 bridgehead atoms. The molecule has 0 spiro atoms. The van der Waals surface area contributed by atoms with Gasteiger partial charge in [-0.25, -0.2) is 0 Å². The molecular weight excluding hydrogens is 391 g/mol. The SMILES string of the molecule is O.O.O.O.O.O.[Cr].[Cr].[Cu+2].[Cu+2].[OH-].[OH-].[OH-].[OH-]. The summed E-state index contributed by atoms with van der Waals surface area (Å²) in [6, 6.07) is 0. The molecule has 0 aromatic heterocycles. The van der Waals surface area contributed by atoms with Crippen molar-refractivity contribution in [3.05, 3.63) is 0 Å². The summed E-state index contributed by atoms with van der Waals surface area (Å²) in [6.07, 6.45) is 0. The Bertz CT molecular complexity index is 16.1. The van der Waals surface area contributed by atoms with Crippen molar-refractivity contribution < 1.29 is 124 Å². The van der Waals surface area contributed by atoms with Crippen molar-refractivity contribution in [2.45, 2.75) is 0 Å². The van der Waals surface area contributed by atoms with Crippen LogP contribution in [0.1, 0.15) is 0 Å². The first kappa shape index (κ1) is 1170. The van der Waals surface area contributed by atoms with E-state index in [1.165, 1.54) is 0 Å². The van der Waals surface area contributed by atoms with Crippen molar-refractivity contribution in [1.29, 1.82) is 0 Å². The molecule has 0 saturated carbocycles. The maximum Gasteiger partial charge on any atom is 2.00 e. The van der Waals surface area contributed by atoms with Crippen molar-refractivity contribution in [3.63, 3.8) is 0 Å². The molecule has 0 unspecified atom stereocenters. The summed E-state index contributed by atoms with van der Waals surface area (Å²) < 4.78 is 0. The molecule has 16 N–H and O–H groups in total. The predicted molar refractivity (Wildman–Crippen MR) is 29.4 cm³/mol. The van der Waals surface area contributed by atoms with E-state index >= 15 is 0 Å². The molecule has 0 aliphatic heterocycles. The first-order valence-corrected chi connectivity index (χ1v) is 0. The fraction of sp³-hybridized carbons (Fsp3) is 0. The molecule has 14 heteroatoms. The topological polar surface area (TPSA) is 309 Å². The smallest absolute Gasteiger partial charge is 0.870 e. The van der Waals surface area contributed by atoms with Crippen molar-refractivity contribution in [2.24, 2.45) is 0 Å². The summed E-state index contributed by atoms with van der Waals surface area (Å²) >= 11 is 0. The quantitative estimate of drug-likeness (QED) is 0.354. The first-order chi connectivity index (χ1) is 0. The van der Waals surface area contributed by atoms with Gasteiger partial charge in [-0.3, -0.25) is 0 Å². The van der Waals surface area contributed by atoms with Crippen LogP contribution in [0, 0.1) is 0 Å². The van der Waals surface area contributed by atoms with E-state index in [1.807, 2.05) is 0 Å². The fourth-order valence-corrected chi connectivity index (χ4v) is 0. The van der Waals surface area contributed by atoms with Gasteiger partial charge < -0.3 is 54.8 Å². The van der Waals surface area contributed by atoms with E-state index < -0.39 is 0 Å². The Hall–Kier alpha value is 1.70. The summed E-state index contributed by atoms with van der Waals surface area (Å²) in [7, 11) is 0. The van der Waals surface area contributed by atoms with Crippen molar-refractivity contribution >= 4 is 0 Å². The largest absolute Gasteiger partial charge is 2.00 e. The fourth-order valence-electron chi connectivity index (χ4n) is 0. The Morgan fingerprint density at radius 1 is 0.286 bits per heavy atom. The van der Waals surface area contributed by atoms with Crippen LogP contribution < -0.4 is 0 Å². The van der Waals surface area contributed by atoms with Crippen molar-refractivity contribution in [3.8, 4) is 0 Å². The van der Waals surface area contributed by atoms with Gasteiger partial charge >= 0.3 is 34.1 Å². The average molecular weight is 407 g/mol. The van der Waals surface area contributed by atoms with Crippen molar-refractivity contribution in [1.82, 2.24) is 0 Å². The second-order valence-electron chi connectivity index (χ2n) is 0. The van der Waals surface area contributed by atoms with E-state index in [1.54, 1.807) is 0 Å². The van der Waals surface area contributed by atoms with E-state index in [9.17, 15) is 0 Å². The van der Waals surface area contributed by atoms with Gasteiger partial charge in [0.05, 0.1) is 0 Å². The average Bonchev–Trinajstić information content (AvgIpc) is 0. The van der Waals surface area contributed by atoms with Crippen LogP contribution in [0.5, 0.6) is 0 Å². The van der Waals surface area contributed by atoms with Crippen molar-refractivity contribution in [2.75, 3.05) is 0 Å². The van der Waals surface area contributed by atoms with Crippen LogP contribution in [0.15, 0.2) is 0 Å². The minimum atomic E-state index is 0. The third-order valence-electron chi connectivity index (χ3n) is 0. The molecule has 0 amide bonds. The van der Waals surface area contributed by atoms with E-state index in [4.69, 9.17) is 0 Å². The summed E-state index contributed by atoms with van der Waals surface area (Å²) in [5.41, 5.74) is 0. The van der Waals surface area contributed by atoms with Gasteiger partial charge in [0.25, 0.3) is 0 Å². The van der Waals surface area contributed by atoms with Crippen LogP contribution in [0.4, 0.5) is 0 Å². The Kier molecular flexibility index (Phi) is 79400. The van der Waals surface area contributed by atoms with Crippen LogP contribution in [-0.2, 0) is 68.9 Å². The van der Waals surface area contributed by atoms with Gasteiger partial charge in [0, 0.05) is 34.7 Å². The summed E-state index contributed by atoms with van der Waals surface area (Å²) in [5, 5.41) is 0. The zero-order chi connectivity index (χ0) is 0. The molecule has 0 saturated heterocycles. The van der Waals surface area contributed by atoms with Gasteiger partial charge in [0.1, 0.15) is 0 Å². The maximum atomic E-state index is 0. The number of hydrogen-bond acceptors (Lipinski definition) is 4. The second kappa shape index (κ2) is 951. The van der Waals surface area contributed by atoms with Gasteiger partial charge in [0.15, 0.2) is 0 Å². The molecule has 0 aliphatic carbocycles. The third-order valence-corrected chi connectivity index (χ3v) is 0. The Morgan fingerprint density at radius 2 is 0.286 bits per heavy atom. The molecule has 0 aromatic carbocycles. The van der Waals surface area contributed by atoms with E-state index in [0.29, 0.717) is 0 Å². The zero-order valence-electron chi connectivity index (χ0n) is 6.21. The van der Waals surface area contributed by atoms with Gasteiger partial charge in [0.2, 0.25) is 0 Å². The zero-order valence-corrected chi connectivity index (χ0v) is 10.6. The molecule has 10 nitrogen and oxygen atoms in total. The van der Waals surface area contributed by atoms with Crippen LogP contribution >= 0.6 is 0 Å². The second-order valence-corrected chi connectivity index (χ2v) is 0. The normalized spacial score (nSPS) is 0. The first-order valence-electron chi connectivity index (χ1n) is 0. The number of rotatable bonds is 0. The molecule has 0 rings (SSSR count). The van der Waals surface area contributed by atoms with Gasteiger partial charge in [-0.1, -0.05) is 0 Å². The summed E-state index contributed by atoms with van der Waals surface area (Å²) in [4.78, 5) is 0.